The predicted octanol–water partition coefficient (Wildman–Crippen LogP) is 5.79. The number of nitro groups is 1. The molecule has 35 heavy (non-hydrogen) atoms. The first kappa shape index (κ1) is 25.1. The van der Waals surface area contributed by atoms with Crippen molar-refractivity contribution in [3.63, 3.8) is 0 Å². The summed E-state index contributed by atoms with van der Waals surface area (Å²) in [5, 5.41) is 13.2. The van der Waals surface area contributed by atoms with Crippen LogP contribution in [0.15, 0.2) is 82.8 Å². The van der Waals surface area contributed by atoms with Gasteiger partial charge in [0, 0.05) is 14.8 Å². The topological polar surface area (TPSA) is 95.7 Å². The number of fused-ring (bicyclic) bond motifs is 2. The van der Waals surface area contributed by atoms with Crippen LogP contribution in [0.4, 0.5) is 4.79 Å². The molecule has 2 aromatic carbocycles. The summed E-state index contributed by atoms with van der Waals surface area (Å²) in [4.78, 5) is 38.0. The molecule has 0 fully saturated rings. The average Bonchev–Trinajstić information content (AvgIpc) is 3.03. The number of hydrogen-bond acceptors (Lipinski definition) is 7. The first-order valence-electron chi connectivity index (χ1n) is 10.8. The number of allylic oxidation sites excluding steroid dienone is 4. The number of hydrogen-bond donors (Lipinski definition) is 0. The third-order valence-electron chi connectivity index (χ3n) is 6.02. The van der Waals surface area contributed by atoms with Gasteiger partial charge in [-0.1, -0.05) is 12.1 Å². The van der Waals surface area contributed by atoms with E-state index in [1.54, 1.807) is 35.4 Å². The van der Waals surface area contributed by atoms with Crippen LogP contribution in [0.1, 0.15) is 19.4 Å². The number of rotatable bonds is 6. The molecule has 0 saturated carbocycles. The molecular formula is C26H23NO6STe. The van der Waals surface area contributed by atoms with Crippen molar-refractivity contribution in [2.24, 2.45) is 5.92 Å². The van der Waals surface area contributed by atoms with Gasteiger partial charge in [0.25, 0.3) is 0 Å². The summed E-state index contributed by atoms with van der Waals surface area (Å²) in [6, 6.07) is 13.3. The van der Waals surface area contributed by atoms with E-state index in [0.717, 1.165) is 15.0 Å². The molecule has 0 bridgehead atoms. The monoisotopic (exact) mass is 607 g/mol. The van der Waals surface area contributed by atoms with Gasteiger partial charge in [0.2, 0.25) is 0 Å². The quantitative estimate of drug-likeness (QED) is 0.116. The normalized spacial score (nSPS) is 18.5. The summed E-state index contributed by atoms with van der Waals surface area (Å²) in [7, 11) is 0. The van der Waals surface area contributed by atoms with E-state index in [-0.39, 0.29) is 17.7 Å². The molecule has 2 unspecified atom stereocenters. The molecule has 7 nitrogen and oxygen atoms in total. The SMILES string of the molecule is C[Te]OC(=O)OCC(C)C1=C([N+](=O)[O-])C=CC(C)(c2ccc3sc4ccccc4c(=O)c3c2)C=C1. The molecule has 1 aliphatic rings. The van der Waals surface area contributed by atoms with Crippen molar-refractivity contribution >= 4 is 59.0 Å². The molecule has 0 spiro atoms. The second kappa shape index (κ2) is 10.3. The molecular weight excluding hydrogens is 582 g/mol. The molecule has 4 rings (SSSR count). The van der Waals surface area contributed by atoms with Gasteiger partial charge in [0.05, 0.1) is 0 Å². The number of benzene rings is 2. The second-order valence-electron chi connectivity index (χ2n) is 8.40. The Balaban J connectivity index is 1.72. The number of nitrogens with zero attached hydrogens (tertiary/aromatic N) is 1. The third-order valence-corrected chi connectivity index (χ3v) is 8.04. The average molecular weight is 605 g/mol. The minimum atomic E-state index is -0.874. The van der Waals surface area contributed by atoms with Gasteiger partial charge in [-0.15, -0.1) is 11.3 Å². The van der Waals surface area contributed by atoms with Crippen molar-refractivity contribution in [1.82, 2.24) is 0 Å². The van der Waals surface area contributed by atoms with Crippen molar-refractivity contribution in [2.75, 3.05) is 6.61 Å². The Hall–Kier alpha value is -2.99. The van der Waals surface area contributed by atoms with E-state index in [1.165, 1.54) is 6.08 Å². The van der Waals surface area contributed by atoms with Crippen LogP contribution in [0.2, 0.25) is 4.97 Å². The summed E-state index contributed by atoms with van der Waals surface area (Å²) in [5.74, 6) is -0.415. The summed E-state index contributed by atoms with van der Waals surface area (Å²) in [6.07, 6.45) is 6.12. The zero-order valence-corrected chi connectivity index (χ0v) is 22.5. The zero-order chi connectivity index (χ0) is 25.2. The molecule has 0 radical (unpaired) electrons. The molecule has 3 aromatic rings. The van der Waals surface area contributed by atoms with Crippen LogP contribution in [-0.4, -0.2) is 39.0 Å². The van der Waals surface area contributed by atoms with Gasteiger partial charge < -0.3 is 0 Å². The Kier molecular flexibility index (Phi) is 7.41. The second-order valence-corrected chi connectivity index (χ2v) is 10.9. The molecule has 2 atom stereocenters. The molecule has 0 amide bonds. The fourth-order valence-corrected chi connectivity index (χ4v) is 5.62. The fraction of sp³-hybridized carbons (Fsp3) is 0.231. The minimum absolute atomic E-state index is 0.0289. The van der Waals surface area contributed by atoms with Crippen LogP contribution in [0.25, 0.3) is 20.2 Å². The van der Waals surface area contributed by atoms with Crippen LogP contribution in [0.3, 0.4) is 0 Å². The molecule has 180 valence electrons. The van der Waals surface area contributed by atoms with Crippen LogP contribution < -0.4 is 5.43 Å². The first-order valence-corrected chi connectivity index (χ1v) is 14.9. The molecule has 1 aromatic heterocycles. The van der Waals surface area contributed by atoms with Crippen molar-refractivity contribution in [3.8, 4) is 0 Å². The Morgan fingerprint density at radius 1 is 1.14 bits per heavy atom. The molecule has 0 N–H and O–H groups in total. The van der Waals surface area contributed by atoms with Crippen LogP contribution in [-0.2, 0) is 13.3 Å². The van der Waals surface area contributed by atoms with Gasteiger partial charge >= 0.3 is 157 Å². The van der Waals surface area contributed by atoms with Gasteiger partial charge in [-0.2, -0.15) is 0 Å². The van der Waals surface area contributed by atoms with E-state index in [2.05, 4.69) is 0 Å². The predicted molar refractivity (Wildman–Crippen MR) is 138 cm³/mol. The van der Waals surface area contributed by atoms with Crippen molar-refractivity contribution in [1.29, 1.82) is 0 Å². The summed E-state index contributed by atoms with van der Waals surface area (Å²) >= 11 is 0.687. The van der Waals surface area contributed by atoms with E-state index in [4.69, 9.17) is 7.84 Å². The van der Waals surface area contributed by atoms with E-state index in [9.17, 15) is 19.7 Å². The molecule has 1 heterocycles. The van der Waals surface area contributed by atoms with Crippen molar-refractivity contribution in [2.45, 2.75) is 24.2 Å². The first-order chi connectivity index (χ1) is 16.7. The van der Waals surface area contributed by atoms with Gasteiger partial charge in [0.15, 0.2) is 5.43 Å². The van der Waals surface area contributed by atoms with Crippen LogP contribution in [0.5, 0.6) is 0 Å². The number of carbonyl (C=O) groups is 1. The van der Waals surface area contributed by atoms with Crippen molar-refractivity contribution in [3.05, 3.63) is 104 Å². The van der Waals surface area contributed by atoms with E-state index in [1.807, 2.05) is 55.5 Å². The Labute approximate surface area is 216 Å². The number of ether oxygens (including phenoxy) is 1. The van der Waals surface area contributed by atoms with Gasteiger partial charge in [-0.3, -0.25) is 4.79 Å². The van der Waals surface area contributed by atoms with Gasteiger partial charge in [-0.05, 0) is 12.1 Å². The third kappa shape index (κ3) is 5.18. The Morgan fingerprint density at radius 3 is 2.60 bits per heavy atom. The Bertz CT molecular complexity index is 1470. The molecule has 0 saturated heterocycles. The zero-order valence-electron chi connectivity index (χ0n) is 19.3. The summed E-state index contributed by atoms with van der Waals surface area (Å²) in [6.45, 7) is 3.68. The molecule has 9 heteroatoms. The summed E-state index contributed by atoms with van der Waals surface area (Å²) in [5.41, 5.74) is 0.527. The van der Waals surface area contributed by atoms with Gasteiger partial charge in [0.1, 0.15) is 0 Å². The van der Waals surface area contributed by atoms with Crippen molar-refractivity contribution < 1.29 is 17.6 Å². The van der Waals surface area contributed by atoms with Crippen LogP contribution >= 0.6 is 11.3 Å². The van der Waals surface area contributed by atoms with E-state index >= 15 is 0 Å². The van der Waals surface area contributed by atoms with E-state index in [0.29, 0.717) is 16.3 Å². The van der Waals surface area contributed by atoms with Crippen LogP contribution in [0, 0.1) is 16.0 Å². The summed E-state index contributed by atoms with van der Waals surface area (Å²) < 4.78 is 11.8. The van der Waals surface area contributed by atoms with Gasteiger partial charge in [-0.25, -0.2) is 0 Å². The Morgan fingerprint density at radius 2 is 1.86 bits per heavy atom. The standard InChI is InChI=1S/C26H23NO6STe/c1-16(15-32-25(29)33-35-3)18-10-12-26(2,13-11-21(18)27(30)31)17-8-9-23-20(14-17)24(28)19-6-4-5-7-22(19)34-23/h4-14,16H,15H2,1-3H3. The molecule has 1 aliphatic carbocycles. The maximum atomic E-state index is 13.2. The fourth-order valence-electron chi connectivity index (χ4n) is 4.04. The molecule has 0 aliphatic heterocycles. The maximum absolute atomic E-state index is 13.2. The van der Waals surface area contributed by atoms with E-state index < -0.39 is 43.7 Å². The number of carbonyl (C=O) groups excluding carboxylic acids is 1.